The van der Waals surface area contributed by atoms with Gasteiger partial charge in [0.2, 0.25) is 5.89 Å². The van der Waals surface area contributed by atoms with Gasteiger partial charge in [-0.25, -0.2) is 9.97 Å². The van der Waals surface area contributed by atoms with Crippen LogP contribution < -0.4 is 11.1 Å². The molecular weight excluding hydrogens is 430 g/mol. The van der Waals surface area contributed by atoms with E-state index in [2.05, 4.69) is 36.1 Å². The maximum Gasteiger partial charge on any atom is 0.253 e. The summed E-state index contributed by atoms with van der Waals surface area (Å²) in [7, 11) is 0. The Morgan fingerprint density at radius 2 is 2.06 bits per heavy atom. The minimum atomic E-state index is -0.0398. The zero-order chi connectivity index (χ0) is 22.0. The average Bonchev–Trinajstić information content (AvgIpc) is 3.47. The van der Waals surface area contributed by atoms with Gasteiger partial charge in [-0.2, -0.15) is 0 Å². The highest BCUT2D eigenvalue weighted by Crippen LogP contribution is 2.32. The largest absolute Gasteiger partial charge is 0.444 e. The van der Waals surface area contributed by atoms with Crippen molar-refractivity contribution in [3.63, 3.8) is 0 Å². The van der Waals surface area contributed by atoms with Gasteiger partial charge >= 0.3 is 0 Å². The molecule has 4 rings (SSSR count). The Morgan fingerprint density at radius 1 is 1.29 bits per heavy atom. The molecule has 31 heavy (non-hydrogen) atoms. The highest BCUT2D eigenvalue weighted by Gasteiger charge is 2.27. The summed E-state index contributed by atoms with van der Waals surface area (Å²) in [4.78, 5) is 23.4. The molecule has 3 N–H and O–H groups in total. The van der Waals surface area contributed by atoms with Crippen LogP contribution in [0.4, 0.5) is 10.8 Å². The number of thiazole rings is 1. The summed E-state index contributed by atoms with van der Waals surface area (Å²) >= 11 is 3.28. The van der Waals surface area contributed by atoms with Crippen LogP contribution in [-0.4, -0.2) is 39.9 Å². The number of carbonyl (C=O) groups is 1. The van der Waals surface area contributed by atoms with Gasteiger partial charge in [-0.05, 0) is 30.7 Å². The van der Waals surface area contributed by atoms with E-state index in [1.165, 1.54) is 0 Å². The molecule has 0 spiro atoms. The van der Waals surface area contributed by atoms with E-state index in [4.69, 9.17) is 10.2 Å². The second-order valence-electron chi connectivity index (χ2n) is 8.64. The molecule has 1 aromatic carbocycles. The quantitative estimate of drug-likeness (QED) is 0.411. The summed E-state index contributed by atoms with van der Waals surface area (Å²) in [6.45, 7) is 7.72. The van der Waals surface area contributed by atoms with Gasteiger partial charge in [0.15, 0.2) is 5.13 Å². The highest BCUT2D eigenvalue weighted by atomic mass is 32.2. The number of nitrogens with zero attached hydrogens (tertiary/aromatic N) is 3. The van der Waals surface area contributed by atoms with Crippen LogP contribution in [0.5, 0.6) is 0 Å². The number of benzene rings is 1. The summed E-state index contributed by atoms with van der Waals surface area (Å²) in [5.41, 5.74) is 7.00. The van der Waals surface area contributed by atoms with Gasteiger partial charge in [0.1, 0.15) is 5.76 Å². The lowest BCUT2D eigenvalue weighted by Crippen LogP contribution is -2.31. The van der Waals surface area contributed by atoms with Gasteiger partial charge in [0.25, 0.3) is 5.91 Å². The van der Waals surface area contributed by atoms with Crippen molar-refractivity contribution >= 4 is 39.8 Å². The summed E-state index contributed by atoms with van der Waals surface area (Å²) in [6, 6.07) is 7.27. The van der Waals surface area contributed by atoms with Gasteiger partial charge in [-0.3, -0.25) is 4.79 Å². The van der Waals surface area contributed by atoms with E-state index in [-0.39, 0.29) is 17.4 Å². The zero-order valence-electron chi connectivity index (χ0n) is 17.9. The number of carbonyl (C=O) groups excluding carboxylic acids is 1. The number of oxazole rings is 1. The van der Waals surface area contributed by atoms with E-state index < -0.39 is 0 Å². The first-order chi connectivity index (χ1) is 14.8. The van der Waals surface area contributed by atoms with E-state index in [0.29, 0.717) is 23.5 Å². The average molecular weight is 458 g/mol. The van der Waals surface area contributed by atoms with Crippen LogP contribution in [0, 0.1) is 0 Å². The maximum atomic E-state index is 12.7. The van der Waals surface area contributed by atoms with Crippen LogP contribution in [0.3, 0.4) is 0 Å². The third kappa shape index (κ3) is 5.40. The number of rotatable bonds is 6. The number of thioether (sulfide) groups is 1. The fourth-order valence-electron chi connectivity index (χ4n) is 3.29. The van der Waals surface area contributed by atoms with Crippen LogP contribution in [0.1, 0.15) is 49.2 Å². The van der Waals surface area contributed by atoms with Crippen LogP contribution in [0.2, 0.25) is 0 Å². The molecule has 7 nitrogen and oxygen atoms in total. The second kappa shape index (κ2) is 8.92. The van der Waals surface area contributed by atoms with Crippen molar-refractivity contribution in [3.05, 3.63) is 53.9 Å². The topological polar surface area (TPSA) is 97.3 Å². The molecule has 2 aromatic heterocycles. The molecule has 1 saturated heterocycles. The maximum absolute atomic E-state index is 12.7. The monoisotopic (exact) mass is 457 g/mol. The number of nitrogens with two attached hydrogens (primary N) is 1. The number of hydrogen-bond donors (Lipinski definition) is 2. The van der Waals surface area contributed by atoms with Crippen molar-refractivity contribution in [1.82, 2.24) is 14.9 Å². The van der Waals surface area contributed by atoms with Gasteiger partial charge in [-0.15, -0.1) is 11.8 Å². The third-order valence-corrected chi connectivity index (χ3v) is 7.18. The Balaban J connectivity index is 1.28. The molecule has 0 unspecified atom stereocenters. The third-order valence-electron chi connectivity index (χ3n) is 5.08. The van der Waals surface area contributed by atoms with Gasteiger partial charge in [0, 0.05) is 35.8 Å². The first-order valence-electron chi connectivity index (χ1n) is 10.2. The number of amides is 1. The van der Waals surface area contributed by atoms with Crippen molar-refractivity contribution in [3.8, 4) is 0 Å². The number of anilines is 2. The van der Waals surface area contributed by atoms with Crippen molar-refractivity contribution in [2.45, 2.75) is 48.6 Å². The fourth-order valence-corrected chi connectivity index (χ4v) is 5.10. The highest BCUT2D eigenvalue weighted by molar-refractivity contribution is 8.00. The number of nitrogen functional groups attached to an aromatic ring is 1. The van der Waals surface area contributed by atoms with Crippen LogP contribution in [0.15, 0.2) is 45.3 Å². The molecule has 0 radical (unpaired) electrons. The van der Waals surface area contributed by atoms with E-state index in [0.717, 1.165) is 34.0 Å². The Hall–Kier alpha value is -2.52. The summed E-state index contributed by atoms with van der Waals surface area (Å²) in [5.74, 6) is 2.34. The summed E-state index contributed by atoms with van der Waals surface area (Å²) in [6.07, 6.45) is 4.58. The standard InChI is InChI=1S/C22H27N5O2S2/c1-22(2,3)17-10-24-18(29-17)13-30-19-11-25-21(31-19)26-16-8-9-27(12-16)20(28)14-4-6-15(23)7-5-14/h4-7,10-11,16H,8-9,12-13,23H2,1-3H3,(H,25,26)/t16-/m1/s1. The van der Waals surface area contributed by atoms with Crippen molar-refractivity contribution in [2.24, 2.45) is 0 Å². The molecule has 0 bridgehead atoms. The molecule has 1 amide bonds. The van der Waals surface area contributed by atoms with Gasteiger partial charge < -0.3 is 20.4 Å². The van der Waals surface area contributed by atoms with Gasteiger partial charge in [-0.1, -0.05) is 32.1 Å². The minimum Gasteiger partial charge on any atom is -0.444 e. The van der Waals surface area contributed by atoms with Crippen molar-refractivity contribution < 1.29 is 9.21 Å². The lowest BCUT2D eigenvalue weighted by molar-refractivity contribution is 0.0791. The molecule has 0 saturated carbocycles. The van der Waals surface area contributed by atoms with E-state index in [1.807, 2.05) is 17.3 Å². The lowest BCUT2D eigenvalue weighted by Gasteiger charge is -2.17. The number of likely N-dealkylation sites (tertiary alicyclic amines) is 1. The lowest BCUT2D eigenvalue weighted by atomic mass is 9.94. The Bertz CT molecular complexity index is 1040. The number of hydrogen-bond acceptors (Lipinski definition) is 8. The molecule has 9 heteroatoms. The zero-order valence-corrected chi connectivity index (χ0v) is 19.6. The van der Waals surface area contributed by atoms with Crippen molar-refractivity contribution in [1.29, 1.82) is 0 Å². The SMILES string of the molecule is CC(C)(C)c1cnc(CSc2cnc(N[C@@H]3CCN(C(=O)c4ccc(N)cc4)C3)s2)o1. The number of nitrogens with one attached hydrogen (secondary N) is 1. The first kappa shape index (κ1) is 21.7. The Morgan fingerprint density at radius 3 is 2.77 bits per heavy atom. The minimum absolute atomic E-state index is 0.0398. The van der Waals surface area contributed by atoms with Crippen LogP contribution in [-0.2, 0) is 11.2 Å². The van der Waals surface area contributed by atoms with Gasteiger partial charge in [0.05, 0.1) is 22.4 Å². The Labute approximate surface area is 190 Å². The van der Waals surface area contributed by atoms with E-state index >= 15 is 0 Å². The Kier molecular flexibility index (Phi) is 6.24. The van der Waals surface area contributed by atoms with E-state index in [9.17, 15) is 4.79 Å². The number of aromatic nitrogens is 2. The predicted octanol–water partition coefficient (Wildman–Crippen LogP) is 4.63. The molecule has 1 atom stereocenters. The van der Waals surface area contributed by atoms with Crippen LogP contribution in [0.25, 0.3) is 0 Å². The van der Waals surface area contributed by atoms with Crippen LogP contribution >= 0.6 is 23.1 Å². The predicted molar refractivity (Wildman–Crippen MR) is 126 cm³/mol. The molecule has 0 aliphatic carbocycles. The molecule has 1 fully saturated rings. The molecule has 3 aromatic rings. The van der Waals surface area contributed by atoms with Crippen molar-refractivity contribution in [2.75, 3.05) is 24.1 Å². The summed E-state index contributed by atoms with van der Waals surface area (Å²) < 4.78 is 6.96. The first-order valence-corrected chi connectivity index (χ1v) is 12.0. The fraction of sp³-hybridized carbons (Fsp3) is 0.409. The molecule has 3 heterocycles. The summed E-state index contributed by atoms with van der Waals surface area (Å²) in [5, 5.41) is 4.34. The molecule has 1 aliphatic heterocycles. The molecule has 164 valence electrons. The smallest absolute Gasteiger partial charge is 0.253 e. The van der Waals surface area contributed by atoms with E-state index in [1.54, 1.807) is 47.4 Å². The second-order valence-corrected chi connectivity index (χ2v) is 11.0. The molecular formula is C22H27N5O2S2. The molecule has 1 aliphatic rings. The normalized spacial score (nSPS) is 16.6.